The molecule has 1 fully saturated rings. The standard InChI is InChI=1S/C10H20O4.3C3H4O2/c11-5-9(6-12)3-1-2-4-10(9,7-13)8-14;3*1-2-3(4)5/h11-14H,1-8H2;3*2H,1H2,(H,4,5). The summed E-state index contributed by atoms with van der Waals surface area (Å²) in [6.07, 6.45) is 5.70. The van der Waals surface area contributed by atoms with Crippen LogP contribution in [0.25, 0.3) is 0 Å². The van der Waals surface area contributed by atoms with Crippen LogP contribution in [0.5, 0.6) is 0 Å². The molecule has 0 heterocycles. The quantitative estimate of drug-likeness (QED) is 0.281. The van der Waals surface area contributed by atoms with Crippen LogP contribution in [0.2, 0.25) is 0 Å². The number of aliphatic carboxylic acids is 3. The Labute approximate surface area is 169 Å². The first-order valence-electron chi connectivity index (χ1n) is 8.51. The van der Waals surface area contributed by atoms with Crippen LogP contribution in [0.1, 0.15) is 25.7 Å². The predicted molar refractivity (Wildman–Crippen MR) is 105 cm³/mol. The number of carboxylic acids is 3. The number of rotatable bonds is 7. The third-order valence-corrected chi connectivity index (χ3v) is 4.42. The van der Waals surface area contributed by atoms with Crippen molar-refractivity contribution in [2.75, 3.05) is 26.4 Å². The normalized spacial score (nSPS) is 15.3. The lowest BCUT2D eigenvalue weighted by Crippen LogP contribution is -2.54. The van der Waals surface area contributed by atoms with Gasteiger partial charge in [-0.3, -0.25) is 0 Å². The molecular formula is C19H32O10. The zero-order valence-electron chi connectivity index (χ0n) is 16.4. The second-order valence-electron chi connectivity index (χ2n) is 6.03. The van der Waals surface area contributed by atoms with Gasteiger partial charge in [0.2, 0.25) is 0 Å². The Morgan fingerprint density at radius 1 is 0.621 bits per heavy atom. The van der Waals surface area contributed by atoms with Crippen LogP contribution in [-0.2, 0) is 14.4 Å². The van der Waals surface area contributed by atoms with Gasteiger partial charge < -0.3 is 35.7 Å². The Bertz CT molecular complexity index is 456. The predicted octanol–water partition coefficient (Wildman–Crippen LogP) is 0.273. The molecule has 0 aromatic rings. The van der Waals surface area contributed by atoms with Crippen molar-refractivity contribution >= 4 is 17.9 Å². The molecule has 7 N–H and O–H groups in total. The largest absolute Gasteiger partial charge is 0.478 e. The zero-order chi connectivity index (χ0) is 23.5. The molecule has 0 aromatic carbocycles. The highest BCUT2D eigenvalue weighted by Gasteiger charge is 2.51. The highest BCUT2D eigenvalue weighted by Crippen LogP contribution is 2.49. The van der Waals surface area contributed by atoms with E-state index in [-0.39, 0.29) is 26.4 Å². The number of aliphatic hydroxyl groups excluding tert-OH is 4. The topological polar surface area (TPSA) is 193 Å². The minimum atomic E-state index is -0.981. The van der Waals surface area contributed by atoms with Gasteiger partial charge in [0.05, 0.1) is 26.4 Å². The summed E-state index contributed by atoms with van der Waals surface area (Å²) >= 11 is 0. The maximum absolute atomic E-state index is 9.36. The molecule has 10 nitrogen and oxygen atoms in total. The smallest absolute Gasteiger partial charge is 0.327 e. The lowest BCUT2D eigenvalue weighted by atomic mass is 9.57. The van der Waals surface area contributed by atoms with E-state index in [2.05, 4.69) is 19.7 Å². The highest BCUT2D eigenvalue weighted by molar-refractivity contribution is 5.79. The number of aliphatic hydroxyl groups is 4. The Hall–Kier alpha value is -2.53. The van der Waals surface area contributed by atoms with Crippen molar-refractivity contribution in [3.63, 3.8) is 0 Å². The minimum Gasteiger partial charge on any atom is -0.478 e. The first kappa shape index (κ1) is 31.2. The van der Waals surface area contributed by atoms with Crippen LogP contribution in [0.3, 0.4) is 0 Å². The first-order chi connectivity index (χ1) is 13.5. The Morgan fingerprint density at radius 3 is 0.897 bits per heavy atom. The molecule has 0 amide bonds. The summed E-state index contributed by atoms with van der Waals surface area (Å²) in [7, 11) is 0. The van der Waals surface area contributed by atoms with Crippen molar-refractivity contribution in [1.82, 2.24) is 0 Å². The van der Waals surface area contributed by atoms with Crippen molar-refractivity contribution in [1.29, 1.82) is 0 Å². The van der Waals surface area contributed by atoms with E-state index in [0.29, 0.717) is 12.8 Å². The van der Waals surface area contributed by atoms with E-state index in [0.717, 1.165) is 31.1 Å². The van der Waals surface area contributed by atoms with Crippen LogP contribution in [0, 0.1) is 10.8 Å². The lowest BCUT2D eigenvalue weighted by molar-refractivity contribution is -0.137. The molecule has 0 saturated heterocycles. The lowest BCUT2D eigenvalue weighted by Gasteiger charge is -2.50. The van der Waals surface area contributed by atoms with Gasteiger partial charge in [-0.15, -0.1) is 0 Å². The molecule has 168 valence electrons. The molecule has 0 aromatic heterocycles. The van der Waals surface area contributed by atoms with Gasteiger partial charge in [-0.2, -0.15) is 0 Å². The molecule has 0 spiro atoms. The summed E-state index contributed by atoms with van der Waals surface area (Å²) in [5.74, 6) is -2.94. The molecule has 1 aliphatic carbocycles. The van der Waals surface area contributed by atoms with Crippen LogP contribution >= 0.6 is 0 Å². The zero-order valence-corrected chi connectivity index (χ0v) is 16.4. The van der Waals surface area contributed by atoms with Crippen molar-refractivity contribution in [2.45, 2.75) is 25.7 Å². The molecule has 1 saturated carbocycles. The van der Waals surface area contributed by atoms with Gasteiger partial charge in [-0.25, -0.2) is 14.4 Å². The molecule has 0 aliphatic heterocycles. The number of hydrogen-bond acceptors (Lipinski definition) is 7. The van der Waals surface area contributed by atoms with Gasteiger partial charge in [0.1, 0.15) is 0 Å². The van der Waals surface area contributed by atoms with E-state index in [1.54, 1.807) is 0 Å². The monoisotopic (exact) mass is 420 g/mol. The fourth-order valence-electron chi connectivity index (χ4n) is 2.54. The maximum Gasteiger partial charge on any atom is 0.327 e. The van der Waals surface area contributed by atoms with E-state index >= 15 is 0 Å². The second-order valence-corrected chi connectivity index (χ2v) is 6.03. The summed E-state index contributed by atoms with van der Waals surface area (Å²) in [5.41, 5.74) is -1.43. The fraction of sp³-hybridized carbons (Fsp3) is 0.526. The molecule has 29 heavy (non-hydrogen) atoms. The van der Waals surface area contributed by atoms with Gasteiger partial charge in [-0.1, -0.05) is 32.6 Å². The number of hydrogen-bond donors (Lipinski definition) is 7. The molecule has 1 rings (SSSR count). The second kappa shape index (κ2) is 17.6. The Balaban J connectivity index is -0.000000373. The molecular weight excluding hydrogens is 388 g/mol. The van der Waals surface area contributed by atoms with Crippen molar-refractivity contribution in [2.24, 2.45) is 10.8 Å². The van der Waals surface area contributed by atoms with E-state index in [9.17, 15) is 34.8 Å². The van der Waals surface area contributed by atoms with Crippen molar-refractivity contribution < 1.29 is 50.1 Å². The summed E-state index contributed by atoms with van der Waals surface area (Å²) < 4.78 is 0. The molecule has 0 radical (unpaired) electrons. The number of carboxylic acid groups (broad SMARTS) is 3. The van der Waals surface area contributed by atoms with Crippen LogP contribution in [-0.4, -0.2) is 80.1 Å². The molecule has 0 bridgehead atoms. The highest BCUT2D eigenvalue weighted by atomic mass is 16.4. The van der Waals surface area contributed by atoms with Crippen LogP contribution in [0.15, 0.2) is 38.0 Å². The average Bonchev–Trinajstić information content (AvgIpc) is 2.74. The molecule has 0 unspecified atom stereocenters. The van der Waals surface area contributed by atoms with E-state index in [1.807, 2.05) is 0 Å². The van der Waals surface area contributed by atoms with Gasteiger partial charge in [-0.05, 0) is 12.8 Å². The SMILES string of the molecule is C=CC(=O)O.C=CC(=O)O.C=CC(=O)O.OCC1(CO)CCCCC1(CO)CO. The van der Waals surface area contributed by atoms with Crippen LogP contribution < -0.4 is 0 Å². The third kappa shape index (κ3) is 12.5. The fourth-order valence-corrected chi connectivity index (χ4v) is 2.54. The average molecular weight is 420 g/mol. The molecule has 10 heteroatoms. The number of carbonyl (C=O) groups is 3. The van der Waals surface area contributed by atoms with Gasteiger partial charge in [0.15, 0.2) is 0 Å². The summed E-state index contributed by atoms with van der Waals surface area (Å²) in [6.45, 7) is 8.18. The van der Waals surface area contributed by atoms with Gasteiger partial charge >= 0.3 is 17.9 Å². The summed E-state index contributed by atoms with van der Waals surface area (Å²) in [4.78, 5) is 27.8. The van der Waals surface area contributed by atoms with Gasteiger partial charge in [0, 0.05) is 29.1 Å². The summed E-state index contributed by atoms with van der Waals surface area (Å²) in [6, 6.07) is 0. The minimum absolute atomic E-state index is 0.176. The van der Waals surface area contributed by atoms with E-state index in [4.69, 9.17) is 15.3 Å². The van der Waals surface area contributed by atoms with E-state index < -0.39 is 28.7 Å². The maximum atomic E-state index is 9.36. The van der Waals surface area contributed by atoms with Crippen LogP contribution in [0.4, 0.5) is 0 Å². The summed E-state index contributed by atoms with van der Waals surface area (Å²) in [5, 5.41) is 60.2. The third-order valence-electron chi connectivity index (χ3n) is 4.42. The van der Waals surface area contributed by atoms with Crippen molar-refractivity contribution in [3.8, 4) is 0 Å². The Morgan fingerprint density at radius 2 is 0.793 bits per heavy atom. The van der Waals surface area contributed by atoms with Gasteiger partial charge in [0.25, 0.3) is 0 Å². The molecule has 0 atom stereocenters. The van der Waals surface area contributed by atoms with E-state index in [1.165, 1.54) is 0 Å². The Kier molecular flexibility index (Phi) is 18.9. The first-order valence-corrected chi connectivity index (χ1v) is 8.51. The van der Waals surface area contributed by atoms with Crippen molar-refractivity contribution in [3.05, 3.63) is 38.0 Å². The molecule has 1 aliphatic rings.